The molecule has 0 N–H and O–H groups in total. The average Bonchev–Trinajstić information content (AvgIpc) is 2.64. The molecule has 1 atom stereocenters. The van der Waals surface area contributed by atoms with Crippen LogP contribution in [0.25, 0.3) is 0 Å². The molecular formula is C16H19Cl3N2. The fourth-order valence-corrected chi connectivity index (χ4v) is 2.43. The van der Waals surface area contributed by atoms with Gasteiger partial charge in [0.15, 0.2) is 0 Å². The smallest absolute Gasteiger partial charge is 0.126 e. The van der Waals surface area contributed by atoms with Gasteiger partial charge in [-0.1, -0.05) is 60.8 Å². The highest BCUT2D eigenvalue weighted by Gasteiger charge is 2.11. The van der Waals surface area contributed by atoms with E-state index < -0.39 is 0 Å². The van der Waals surface area contributed by atoms with Crippen molar-refractivity contribution in [1.29, 1.82) is 0 Å². The Bertz CT molecular complexity index is 519. The molecule has 0 spiro atoms. The lowest BCUT2D eigenvalue weighted by Crippen LogP contribution is -2.02. The van der Waals surface area contributed by atoms with Gasteiger partial charge < -0.3 is 0 Å². The van der Waals surface area contributed by atoms with E-state index in [1.807, 2.05) is 50.4 Å². The number of hydrogen-bond donors (Lipinski definition) is 0. The van der Waals surface area contributed by atoms with Gasteiger partial charge in [0.2, 0.25) is 0 Å². The highest BCUT2D eigenvalue weighted by atomic mass is 35.5. The lowest BCUT2D eigenvalue weighted by molar-refractivity contribution is 0.625. The minimum absolute atomic E-state index is 0.274. The summed E-state index contributed by atoms with van der Waals surface area (Å²) in [5.74, 6) is 0.274. The molecule has 1 unspecified atom stereocenters. The van der Waals surface area contributed by atoms with Crippen molar-refractivity contribution in [2.45, 2.75) is 26.7 Å². The van der Waals surface area contributed by atoms with Gasteiger partial charge in [0.25, 0.3) is 0 Å². The molecule has 21 heavy (non-hydrogen) atoms. The molecule has 0 amide bonds. The van der Waals surface area contributed by atoms with E-state index in [-0.39, 0.29) is 5.92 Å². The van der Waals surface area contributed by atoms with Crippen molar-refractivity contribution >= 4 is 46.2 Å². The van der Waals surface area contributed by atoms with Gasteiger partial charge >= 0.3 is 0 Å². The first-order chi connectivity index (χ1) is 10.1. The van der Waals surface area contributed by atoms with Crippen LogP contribution in [0.1, 0.15) is 32.3 Å². The molecule has 1 aliphatic rings. The van der Waals surface area contributed by atoms with Gasteiger partial charge in [-0.3, -0.25) is 4.99 Å². The van der Waals surface area contributed by atoms with Gasteiger partial charge in [0, 0.05) is 30.1 Å². The molecular weight excluding hydrogens is 327 g/mol. The Morgan fingerprint density at radius 3 is 2.52 bits per heavy atom. The van der Waals surface area contributed by atoms with Crippen molar-refractivity contribution in [3.8, 4) is 0 Å². The zero-order valence-corrected chi connectivity index (χ0v) is 14.5. The normalized spacial score (nSPS) is 18.4. The third-order valence-corrected chi connectivity index (χ3v) is 3.51. The summed E-state index contributed by atoms with van der Waals surface area (Å²) in [4.78, 5) is 8.48. The molecule has 0 saturated carbocycles. The Morgan fingerprint density at radius 2 is 1.86 bits per heavy atom. The minimum Gasteiger partial charge on any atom is -0.292 e. The van der Waals surface area contributed by atoms with Gasteiger partial charge in [0.05, 0.1) is 0 Å². The number of aliphatic imine (C=N–C) groups is 2. The van der Waals surface area contributed by atoms with Crippen LogP contribution in [0.5, 0.6) is 0 Å². The van der Waals surface area contributed by atoms with Crippen LogP contribution >= 0.6 is 34.8 Å². The molecule has 0 radical (unpaired) electrons. The summed E-state index contributed by atoms with van der Waals surface area (Å²) < 4.78 is 0. The maximum atomic E-state index is 5.95. The number of halogens is 3. The summed E-state index contributed by atoms with van der Waals surface area (Å²) >= 11 is 17.7. The number of nitrogens with zero attached hydrogens (tertiary/aromatic N) is 2. The maximum absolute atomic E-state index is 5.95. The first-order valence-electron chi connectivity index (χ1n) is 6.99. The van der Waals surface area contributed by atoms with Gasteiger partial charge in [-0.2, -0.15) is 0 Å². The van der Waals surface area contributed by atoms with Gasteiger partial charge in [-0.05, 0) is 30.2 Å². The lowest BCUT2D eigenvalue weighted by Gasteiger charge is -2.06. The fourth-order valence-electron chi connectivity index (χ4n) is 1.78. The Balaban J connectivity index is 0.00000106. The highest BCUT2D eigenvalue weighted by molar-refractivity contribution is 6.65. The van der Waals surface area contributed by atoms with E-state index in [4.69, 9.17) is 34.8 Å². The summed E-state index contributed by atoms with van der Waals surface area (Å²) in [5, 5.41) is 1.74. The average molecular weight is 346 g/mol. The van der Waals surface area contributed by atoms with Crippen molar-refractivity contribution < 1.29 is 0 Å². The van der Waals surface area contributed by atoms with Crippen LogP contribution in [0.15, 0.2) is 45.5 Å². The van der Waals surface area contributed by atoms with Crippen LogP contribution in [0.2, 0.25) is 5.02 Å². The van der Waals surface area contributed by atoms with Crippen LogP contribution < -0.4 is 0 Å². The molecule has 1 aromatic carbocycles. The molecule has 0 saturated heterocycles. The molecule has 5 heteroatoms. The van der Waals surface area contributed by atoms with E-state index in [1.54, 1.807) is 0 Å². The SMILES string of the molecule is CC.ClC1=CC(CN=Cc2ccc(Cl)cc2)CCC(Cl)=N1. The third-order valence-electron chi connectivity index (χ3n) is 2.77. The van der Waals surface area contributed by atoms with Crippen LogP contribution in [0, 0.1) is 5.92 Å². The number of rotatable bonds is 3. The van der Waals surface area contributed by atoms with Crippen LogP contribution in [0.4, 0.5) is 0 Å². The summed E-state index contributed by atoms with van der Waals surface area (Å²) in [5.41, 5.74) is 1.03. The standard InChI is InChI=1S/C14H13Cl3N2.C2H6/c15-12-4-1-10(2-5-12)8-18-9-11-3-6-13(16)19-14(17)7-11;1-2/h1-2,4-5,7-8,11H,3,6,9H2;1-2H3. The zero-order valence-electron chi connectivity index (χ0n) is 12.2. The molecule has 0 aromatic heterocycles. The summed E-state index contributed by atoms with van der Waals surface area (Å²) in [6, 6.07) is 7.56. The van der Waals surface area contributed by atoms with E-state index in [2.05, 4.69) is 9.98 Å². The topological polar surface area (TPSA) is 24.7 Å². The summed E-state index contributed by atoms with van der Waals surface area (Å²) in [6.45, 7) is 4.68. The third kappa shape index (κ3) is 7.12. The lowest BCUT2D eigenvalue weighted by atomic mass is 10.0. The van der Waals surface area contributed by atoms with Gasteiger partial charge in [0.1, 0.15) is 10.3 Å². The van der Waals surface area contributed by atoms with Crippen molar-refractivity contribution in [2.75, 3.05) is 6.54 Å². The van der Waals surface area contributed by atoms with Crippen molar-refractivity contribution in [2.24, 2.45) is 15.9 Å². The van der Waals surface area contributed by atoms with Gasteiger partial charge in [-0.15, -0.1) is 0 Å². The first-order valence-corrected chi connectivity index (χ1v) is 8.12. The van der Waals surface area contributed by atoms with E-state index in [0.717, 1.165) is 23.4 Å². The van der Waals surface area contributed by atoms with Crippen molar-refractivity contribution in [3.05, 3.63) is 46.1 Å². The summed E-state index contributed by atoms with van der Waals surface area (Å²) in [6.07, 6.45) is 5.41. The predicted molar refractivity (Wildman–Crippen MR) is 95.2 cm³/mol. The second-order valence-corrected chi connectivity index (χ2v) is 5.58. The number of hydrogen-bond acceptors (Lipinski definition) is 2. The first kappa shape index (κ1) is 18.2. The molecule has 1 heterocycles. The van der Waals surface area contributed by atoms with Crippen LogP contribution in [-0.4, -0.2) is 17.9 Å². The molecule has 0 fully saturated rings. The highest BCUT2D eigenvalue weighted by Crippen LogP contribution is 2.21. The van der Waals surface area contributed by atoms with E-state index in [9.17, 15) is 0 Å². The largest absolute Gasteiger partial charge is 0.292 e. The molecule has 0 bridgehead atoms. The Morgan fingerprint density at radius 1 is 1.19 bits per heavy atom. The minimum atomic E-state index is 0.274. The van der Waals surface area contributed by atoms with Crippen LogP contribution in [-0.2, 0) is 0 Å². The van der Waals surface area contributed by atoms with E-state index in [0.29, 0.717) is 16.9 Å². The molecule has 2 nitrogen and oxygen atoms in total. The van der Waals surface area contributed by atoms with E-state index >= 15 is 0 Å². The maximum Gasteiger partial charge on any atom is 0.126 e. The van der Waals surface area contributed by atoms with E-state index in [1.165, 1.54) is 0 Å². The fraction of sp³-hybridized carbons (Fsp3) is 0.375. The van der Waals surface area contributed by atoms with Gasteiger partial charge in [-0.25, -0.2) is 4.99 Å². The monoisotopic (exact) mass is 344 g/mol. The Hall–Kier alpha value is -0.830. The Labute approximate surface area is 141 Å². The quantitative estimate of drug-likeness (QED) is 0.480. The van der Waals surface area contributed by atoms with Crippen molar-refractivity contribution in [3.63, 3.8) is 0 Å². The molecule has 1 aliphatic heterocycles. The number of benzene rings is 1. The van der Waals surface area contributed by atoms with Crippen molar-refractivity contribution in [1.82, 2.24) is 0 Å². The summed E-state index contributed by atoms with van der Waals surface area (Å²) in [7, 11) is 0. The van der Waals surface area contributed by atoms with Crippen LogP contribution in [0.3, 0.4) is 0 Å². The molecule has 114 valence electrons. The second kappa shape index (κ2) is 9.99. The molecule has 1 aromatic rings. The predicted octanol–water partition coefficient (Wildman–Crippen LogP) is 5.91. The zero-order chi connectivity index (χ0) is 15.7. The second-order valence-electron chi connectivity index (χ2n) is 4.32. The Kier molecular flexibility index (Phi) is 8.67. The molecule has 2 rings (SSSR count). The molecule has 0 aliphatic carbocycles.